The molecule has 1 amide bonds. The molecule has 0 atom stereocenters. The second kappa shape index (κ2) is 8.43. The van der Waals surface area contributed by atoms with Crippen LogP contribution in [0.2, 0.25) is 5.02 Å². The van der Waals surface area contributed by atoms with Crippen LogP contribution in [-0.4, -0.2) is 16.6 Å². The highest BCUT2D eigenvalue weighted by atomic mass is 35.5. The normalized spacial score (nSPS) is 10.6. The highest BCUT2D eigenvalue weighted by Crippen LogP contribution is 2.28. The number of amides is 1. The molecular formula is C21H18ClN3OS. The highest BCUT2D eigenvalue weighted by molar-refractivity contribution is 8.00. The summed E-state index contributed by atoms with van der Waals surface area (Å²) in [5, 5.41) is 14.3. The molecule has 0 spiro atoms. The molecule has 1 N–H and O–H groups in total. The van der Waals surface area contributed by atoms with E-state index in [1.807, 2.05) is 44.2 Å². The molecule has 0 radical (unpaired) electrons. The number of hydrogen-bond acceptors (Lipinski definition) is 4. The van der Waals surface area contributed by atoms with Crippen LogP contribution in [0.1, 0.15) is 22.3 Å². The summed E-state index contributed by atoms with van der Waals surface area (Å²) >= 11 is 7.43. The lowest BCUT2D eigenvalue weighted by Gasteiger charge is -2.08. The number of rotatable bonds is 5. The molecule has 0 saturated carbocycles. The molecule has 3 aromatic rings. The summed E-state index contributed by atoms with van der Waals surface area (Å²) in [7, 11) is 0. The van der Waals surface area contributed by atoms with E-state index in [2.05, 4.69) is 16.4 Å². The molecule has 0 unspecified atom stereocenters. The SMILES string of the molecule is Cc1ccc(CNC(=O)CSc2nc3cc(Cl)c(C)cc3cc2C#N)cc1. The van der Waals surface area contributed by atoms with Crippen molar-refractivity contribution in [1.29, 1.82) is 5.26 Å². The molecule has 3 rings (SSSR count). The lowest BCUT2D eigenvalue weighted by molar-refractivity contribution is -0.118. The summed E-state index contributed by atoms with van der Waals surface area (Å²) in [4.78, 5) is 16.7. The molecule has 0 aliphatic rings. The van der Waals surface area contributed by atoms with E-state index in [4.69, 9.17) is 11.6 Å². The van der Waals surface area contributed by atoms with Crippen LogP contribution in [0.25, 0.3) is 10.9 Å². The monoisotopic (exact) mass is 395 g/mol. The molecule has 27 heavy (non-hydrogen) atoms. The average molecular weight is 396 g/mol. The van der Waals surface area contributed by atoms with Crippen molar-refractivity contribution in [2.24, 2.45) is 0 Å². The summed E-state index contributed by atoms with van der Waals surface area (Å²) in [6.45, 7) is 4.41. The first-order valence-corrected chi connectivity index (χ1v) is 9.78. The summed E-state index contributed by atoms with van der Waals surface area (Å²) in [5.41, 5.74) is 4.34. The van der Waals surface area contributed by atoms with Crippen molar-refractivity contribution >= 4 is 40.2 Å². The predicted octanol–water partition coefficient (Wildman–Crippen LogP) is 4.79. The number of aryl methyl sites for hydroxylation is 2. The Labute approximate surface area is 167 Å². The average Bonchev–Trinajstić information content (AvgIpc) is 2.66. The number of nitrogens with one attached hydrogen (secondary N) is 1. The molecular weight excluding hydrogens is 378 g/mol. The molecule has 0 aliphatic carbocycles. The van der Waals surface area contributed by atoms with Gasteiger partial charge in [-0.1, -0.05) is 53.2 Å². The van der Waals surface area contributed by atoms with Gasteiger partial charge in [0.25, 0.3) is 0 Å². The number of hydrogen-bond donors (Lipinski definition) is 1. The van der Waals surface area contributed by atoms with E-state index in [1.165, 1.54) is 17.3 Å². The van der Waals surface area contributed by atoms with Crippen LogP contribution in [-0.2, 0) is 11.3 Å². The van der Waals surface area contributed by atoms with Gasteiger partial charge in [-0.05, 0) is 43.2 Å². The van der Waals surface area contributed by atoms with Gasteiger partial charge in [-0.25, -0.2) is 4.98 Å². The molecule has 0 saturated heterocycles. The molecule has 6 heteroatoms. The van der Waals surface area contributed by atoms with Gasteiger partial charge in [-0.15, -0.1) is 0 Å². The topological polar surface area (TPSA) is 65.8 Å². The van der Waals surface area contributed by atoms with Gasteiger partial charge in [0.15, 0.2) is 0 Å². The first-order valence-electron chi connectivity index (χ1n) is 8.42. The van der Waals surface area contributed by atoms with E-state index in [0.29, 0.717) is 27.7 Å². The summed E-state index contributed by atoms with van der Waals surface area (Å²) in [5.74, 6) is 0.0897. The van der Waals surface area contributed by atoms with Crippen LogP contribution >= 0.6 is 23.4 Å². The van der Waals surface area contributed by atoms with Crippen molar-refractivity contribution in [1.82, 2.24) is 10.3 Å². The zero-order chi connectivity index (χ0) is 19.4. The minimum absolute atomic E-state index is 0.103. The van der Waals surface area contributed by atoms with Gasteiger partial charge in [0.1, 0.15) is 11.1 Å². The van der Waals surface area contributed by atoms with E-state index in [0.717, 1.165) is 16.5 Å². The van der Waals surface area contributed by atoms with Crippen LogP contribution < -0.4 is 5.32 Å². The van der Waals surface area contributed by atoms with Crippen molar-refractivity contribution in [3.8, 4) is 6.07 Å². The van der Waals surface area contributed by atoms with Gasteiger partial charge in [0.2, 0.25) is 5.91 Å². The van der Waals surface area contributed by atoms with E-state index in [9.17, 15) is 10.1 Å². The quantitative estimate of drug-likeness (QED) is 0.631. The number of aromatic nitrogens is 1. The van der Waals surface area contributed by atoms with Gasteiger partial charge in [-0.2, -0.15) is 5.26 Å². The van der Waals surface area contributed by atoms with Gasteiger partial charge in [-0.3, -0.25) is 4.79 Å². The summed E-state index contributed by atoms with van der Waals surface area (Å²) in [6.07, 6.45) is 0. The zero-order valence-corrected chi connectivity index (χ0v) is 16.6. The van der Waals surface area contributed by atoms with Crippen molar-refractivity contribution in [3.05, 3.63) is 69.7 Å². The molecule has 0 aliphatic heterocycles. The first-order chi connectivity index (χ1) is 13.0. The number of nitriles is 1. The van der Waals surface area contributed by atoms with Crippen LogP contribution in [0, 0.1) is 25.2 Å². The maximum atomic E-state index is 12.2. The number of pyridine rings is 1. The maximum Gasteiger partial charge on any atom is 0.230 e. The fourth-order valence-corrected chi connectivity index (χ4v) is 3.53. The van der Waals surface area contributed by atoms with E-state index in [-0.39, 0.29) is 11.7 Å². The van der Waals surface area contributed by atoms with Crippen molar-refractivity contribution < 1.29 is 4.79 Å². The minimum Gasteiger partial charge on any atom is -0.351 e. The van der Waals surface area contributed by atoms with E-state index in [1.54, 1.807) is 12.1 Å². The smallest absolute Gasteiger partial charge is 0.230 e. The van der Waals surface area contributed by atoms with Gasteiger partial charge in [0, 0.05) is 17.0 Å². The van der Waals surface area contributed by atoms with Gasteiger partial charge < -0.3 is 5.32 Å². The van der Waals surface area contributed by atoms with Gasteiger partial charge >= 0.3 is 0 Å². The zero-order valence-electron chi connectivity index (χ0n) is 15.0. The molecule has 1 aromatic heterocycles. The number of benzene rings is 2. The maximum absolute atomic E-state index is 12.2. The number of nitrogens with zero attached hydrogens (tertiary/aromatic N) is 2. The third-order valence-electron chi connectivity index (χ3n) is 4.13. The lowest BCUT2D eigenvalue weighted by atomic mass is 10.1. The second-order valence-corrected chi connectivity index (χ2v) is 7.67. The van der Waals surface area contributed by atoms with Crippen LogP contribution in [0.15, 0.2) is 47.5 Å². The Kier molecular flexibility index (Phi) is 6.00. The van der Waals surface area contributed by atoms with E-state index >= 15 is 0 Å². The number of carbonyl (C=O) groups excluding carboxylic acids is 1. The van der Waals surface area contributed by atoms with Crippen molar-refractivity contribution in [2.75, 3.05) is 5.75 Å². The Bertz CT molecular complexity index is 1040. The third-order valence-corrected chi connectivity index (χ3v) is 5.53. The highest BCUT2D eigenvalue weighted by Gasteiger charge is 2.11. The van der Waals surface area contributed by atoms with Crippen molar-refractivity contribution in [2.45, 2.75) is 25.4 Å². The summed E-state index contributed by atoms with van der Waals surface area (Å²) in [6, 6.07) is 15.7. The Morgan fingerprint density at radius 1 is 1.22 bits per heavy atom. The third kappa shape index (κ3) is 4.79. The molecule has 1 heterocycles. The fourth-order valence-electron chi connectivity index (χ4n) is 2.57. The van der Waals surface area contributed by atoms with Crippen molar-refractivity contribution in [3.63, 3.8) is 0 Å². The molecule has 2 aromatic carbocycles. The number of halogens is 1. The van der Waals surface area contributed by atoms with E-state index < -0.39 is 0 Å². The Balaban J connectivity index is 1.68. The number of carbonyl (C=O) groups is 1. The van der Waals surface area contributed by atoms with Gasteiger partial charge in [0.05, 0.1) is 16.8 Å². The van der Waals surface area contributed by atoms with Crippen LogP contribution in [0.5, 0.6) is 0 Å². The largest absolute Gasteiger partial charge is 0.351 e. The Morgan fingerprint density at radius 3 is 2.67 bits per heavy atom. The lowest BCUT2D eigenvalue weighted by Crippen LogP contribution is -2.24. The molecule has 136 valence electrons. The molecule has 4 nitrogen and oxygen atoms in total. The summed E-state index contributed by atoms with van der Waals surface area (Å²) < 4.78 is 0. The molecule has 0 bridgehead atoms. The number of fused-ring (bicyclic) bond motifs is 1. The van der Waals surface area contributed by atoms with Crippen LogP contribution in [0.4, 0.5) is 0 Å². The fraction of sp³-hybridized carbons (Fsp3) is 0.190. The Hall–Kier alpha value is -2.55. The standard InChI is InChI=1S/C21H18ClN3OS/c1-13-3-5-15(6-4-13)11-24-20(26)12-27-21-17(10-23)8-16-7-14(2)18(22)9-19(16)25-21/h3-9H,11-12H2,1-2H3,(H,24,26). The molecule has 0 fully saturated rings. The second-order valence-electron chi connectivity index (χ2n) is 6.30. The Morgan fingerprint density at radius 2 is 1.96 bits per heavy atom. The predicted molar refractivity (Wildman–Crippen MR) is 110 cm³/mol. The van der Waals surface area contributed by atoms with Crippen LogP contribution in [0.3, 0.4) is 0 Å². The number of thioether (sulfide) groups is 1. The first kappa shape index (κ1) is 19.2. The minimum atomic E-state index is -0.103.